The predicted octanol–water partition coefficient (Wildman–Crippen LogP) is 4.57. The summed E-state index contributed by atoms with van der Waals surface area (Å²) in [6.45, 7) is 3.44. The van der Waals surface area contributed by atoms with Crippen molar-refractivity contribution in [2.45, 2.75) is 44.3 Å². The molecular formula is C27H30N4O2S. The maximum Gasteiger partial charge on any atom is 0.327 e. The number of piperidine rings is 1. The number of hydrogen-bond acceptors (Lipinski definition) is 5. The van der Waals surface area contributed by atoms with E-state index in [1.54, 1.807) is 17.5 Å². The molecule has 2 aliphatic rings. The second kappa shape index (κ2) is 10.1. The Morgan fingerprint density at radius 2 is 1.71 bits per heavy atom. The first kappa shape index (κ1) is 22.7. The van der Waals surface area contributed by atoms with Gasteiger partial charge in [0.05, 0.1) is 0 Å². The molecule has 3 aromatic rings. The van der Waals surface area contributed by atoms with Gasteiger partial charge in [0.1, 0.15) is 5.54 Å². The van der Waals surface area contributed by atoms with E-state index in [2.05, 4.69) is 27.4 Å². The number of benzene rings is 1. The van der Waals surface area contributed by atoms with Gasteiger partial charge >= 0.3 is 6.03 Å². The van der Waals surface area contributed by atoms with Gasteiger partial charge < -0.3 is 4.90 Å². The molecule has 4 heterocycles. The first-order chi connectivity index (χ1) is 16.7. The summed E-state index contributed by atoms with van der Waals surface area (Å²) in [6.07, 6.45) is 6.49. The highest BCUT2D eigenvalue weighted by atomic mass is 32.1. The van der Waals surface area contributed by atoms with Crippen LogP contribution < -0.4 is 0 Å². The Morgan fingerprint density at radius 1 is 0.912 bits per heavy atom. The van der Waals surface area contributed by atoms with E-state index in [1.807, 2.05) is 53.6 Å². The fourth-order valence-electron chi connectivity index (χ4n) is 5.14. The predicted molar refractivity (Wildman–Crippen MR) is 133 cm³/mol. The number of rotatable bonds is 8. The first-order valence-electron chi connectivity index (χ1n) is 12.0. The van der Waals surface area contributed by atoms with E-state index in [0.717, 1.165) is 43.6 Å². The SMILES string of the molecule is O=C1N(CCCc2cccnc2)C(=O)C2(CCN(Cc3cccs3)CC2)N1Cc1ccccc1. The molecule has 2 fully saturated rings. The lowest BCUT2D eigenvalue weighted by atomic mass is 9.85. The standard InChI is InChI=1S/C27H30N4O2S/c32-25-27(12-16-29(17-13-27)21-24-11-6-18-34-24)31(20-23-7-2-1-3-8-23)26(33)30(25)15-5-10-22-9-4-14-28-19-22/h1-4,6-9,11,14,18-19H,5,10,12-13,15-17,20-21H2. The zero-order chi connectivity index (χ0) is 23.4. The Balaban J connectivity index is 1.32. The van der Waals surface area contributed by atoms with E-state index in [1.165, 1.54) is 9.78 Å². The molecule has 0 radical (unpaired) electrons. The molecule has 1 aromatic carbocycles. The minimum Gasteiger partial charge on any atom is -0.305 e. The second-order valence-electron chi connectivity index (χ2n) is 9.16. The number of hydrogen-bond donors (Lipinski definition) is 0. The van der Waals surface area contributed by atoms with E-state index in [-0.39, 0.29) is 11.9 Å². The van der Waals surface area contributed by atoms with Gasteiger partial charge in [0, 0.05) is 50.0 Å². The highest BCUT2D eigenvalue weighted by Gasteiger charge is 2.57. The van der Waals surface area contributed by atoms with Gasteiger partial charge in [-0.1, -0.05) is 42.5 Å². The Morgan fingerprint density at radius 3 is 2.41 bits per heavy atom. The van der Waals surface area contributed by atoms with Crippen molar-refractivity contribution in [3.63, 3.8) is 0 Å². The van der Waals surface area contributed by atoms with E-state index in [0.29, 0.717) is 25.9 Å². The molecule has 0 N–H and O–H groups in total. The maximum atomic E-state index is 13.8. The molecule has 0 saturated carbocycles. The topological polar surface area (TPSA) is 56.8 Å². The number of aryl methyl sites for hydroxylation is 1. The van der Waals surface area contributed by atoms with Crippen LogP contribution in [0.3, 0.4) is 0 Å². The fourth-order valence-corrected chi connectivity index (χ4v) is 5.89. The summed E-state index contributed by atoms with van der Waals surface area (Å²) >= 11 is 1.77. The highest BCUT2D eigenvalue weighted by Crippen LogP contribution is 2.39. The van der Waals surface area contributed by atoms with Gasteiger partial charge in [-0.05, 0) is 54.3 Å². The number of thiophene rings is 1. The molecule has 176 valence electrons. The van der Waals surface area contributed by atoms with Crippen LogP contribution in [0.1, 0.15) is 35.3 Å². The number of aromatic nitrogens is 1. The Kier molecular flexibility index (Phi) is 6.74. The van der Waals surface area contributed by atoms with Crippen LogP contribution in [0.4, 0.5) is 4.79 Å². The summed E-state index contributed by atoms with van der Waals surface area (Å²) in [6, 6.07) is 18.1. The van der Waals surface area contributed by atoms with Crippen molar-refractivity contribution in [3.05, 3.63) is 88.4 Å². The number of nitrogens with zero attached hydrogens (tertiary/aromatic N) is 4. The minimum absolute atomic E-state index is 0.0182. The molecule has 0 aliphatic carbocycles. The third kappa shape index (κ3) is 4.63. The van der Waals surface area contributed by atoms with E-state index in [9.17, 15) is 9.59 Å². The van der Waals surface area contributed by atoms with Crippen LogP contribution in [-0.4, -0.2) is 56.8 Å². The van der Waals surface area contributed by atoms with Gasteiger partial charge in [0.15, 0.2) is 0 Å². The molecule has 1 spiro atoms. The number of carbonyl (C=O) groups excluding carboxylic acids is 2. The molecule has 2 aromatic heterocycles. The molecule has 6 nitrogen and oxygen atoms in total. The second-order valence-corrected chi connectivity index (χ2v) is 10.2. The number of likely N-dealkylation sites (tertiary alicyclic amines) is 1. The maximum absolute atomic E-state index is 13.8. The largest absolute Gasteiger partial charge is 0.327 e. The average molecular weight is 475 g/mol. The van der Waals surface area contributed by atoms with Crippen LogP contribution >= 0.6 is 11.3 Å². The van der Waals surface area contributed by atoms with Crippen molar-refractivity contribution >= 4 is 23.3 Å². The average Bonchev–Trinajstić information content (AvgIpc) is 3.45. The smallest absolute Gasteiger partial charge is 0.305 e. The quantitative estimate of drug-likeness (QED) is 0.449. The normalized spacial score (nSPS) is 18.2. The van der Waals surface area contributed by atoms with Crippen LogP contribution in [0, 0.1) is 0 Å². The van der Waals surface area contributed by atoms with Crippen molar-refractivity contribution in [2.24, 2.45) is 0 Å². The first-order valence-corrected chi connectivity index (χ1v) is 12.8. The molecule has 2 saturated heterocycles. The third-order valence-electron chi connectivity index (χ3n) is 7.02. The lowest BCUT2D eigenvalue weighted by Gasteiger charge is -2.42. The monoisotopic (exact) mass is 474 g/mol. The summed E-state index contributed by atoms with van der Waals surface area (Å²) < 4.78 is 0. The lowest BCUT2D eigenvalue weighted by molar-refractivity contribution is -0.136. The zero-order valence-corrected chi connectivity index (χ0v) is 20.1. The number of pyridine rings is 1. The Hall–Kier alpha value is -3.03. The van der Waals surface area contributed by atoms with E-state index >= 15 is 0 Å². The Labute approximate surface area is 204 Å². The fraction of sp³-hybridized carbons (Fsp3) is 0.370. The number of carbonyl (C=O) groups is 2. The molecule has 34 heavy (non-hydrogen) atoms. The minimum atomic E-state index is -0.743. The van der Waals surface area contributed by atoms with E-state index in [4.69, 9.17) is 0 Å². The van der Waals surface area contributed by atoms with Crippen molar-refractivity contribution in [1.29, 1.82) is 0 Å². The van der Waals surface area contributed by atoms with Gasteiger partial charge in [0.25, 0.3) is 5.91 Å². The van der Waals surface area contributed by atoms with Gasteiger partial charge in [0.2, 0.25) is 0 Å². The van der Waals surface area contributed by atoms with Crippen LogP contribution in [0.15, 0.2) is 72.4 Å². The highest BCUT2D eigenvalue weighted by molar-refractivity contribution is 7.09. The molecule has 2 aliphatic heterocycles. The van der Waals surface area contributed by atoms with Crippen LogP contribution in [0.25, 0.3) is 0 Å². The van der Waals surface area contributed by atoms with Gasteiger partial charge in [-0.25, -0.2) is 4.79 Å². The van der Waals surface area contributed by atoms with Crippen molar-refractivity contribution < 1.29 is 9.59 Å². The van der Waals surface area contributed by atoms with Crippen LogP contribution in [0.2, 0.25) is 0 Å². The van der Waals surface area contributed by atoms with Gasteiger partial charge in [-0.3, -0.25) is 19.6 Å². The van der Waals surface area contributed by atoms with E-state index < -0.39 is 5.54 Å². The molecule has 0 atom stereocenters. The van der Waals surface area contributed by atoms with Crippen molar-refractivity contribution in [1.82, 2.24) is 19.7 Å². The number of amides is 3. The summed E-state index contributed by atoms with van der Waals surface area (Å²) in [5.41, 5.74) is 1.44. The van der Waals surface area contributed by atoms with Crippen LogP contribution in [0.5, 0.6) is 0 Å². The summed E-state index contributed by atoms with van der Waals surface area (Å²) in [5, 5.41) is 2.10. The zero-order valence-electron chi connectivity index (χ0n) is 19.3. The molecule has 5 rings (SSSR count). The van der Waals surface area contributed by atoms with Crippen molar-refractivity contribution in [3.8, 4) is 0 Å². The number of imide groups is 1. The molecule has 7 heteroatoms. The van der Waals surface area contributed by atoms with Crippen LogP contribution in [-0.2, 0) is 24.3 Å². The Bertz CT molecular complexity index is 1100. The molecule has 0 unspecified atom stereocenters. The third-order valence-corrected chi connectivity index (χ3v) is 7.88. The lowest BCUT2D eigenvalue weighted by Crippen LogP contribution is -2.56. The van der Waals surface area contributed by atoms with Crippen molar-refractivity contribution in [2.75, 3.05) is 19.6 Å². The summed E-state index contributed by atoms with van der Waals surface area (Å²) in [7, 11) is 0. The summed E-state index contributed by atoms with van der Waals surface area (Å²) in [5.74, 6) is -0.0182. The van der Waals surface area contributed by atoms with Gasteiger partial charge in [-0.2, -0.15) is 0 Å². The number of urea groups is 1. The summed E-state index contributed by atoms with van der Waals surface area (Å²) in [4.78, 5) is 38.6. The van der Waals surface area contributed by atoms with Gasteiger partial charge in [-0.15, -0.1) is 11.3 Å². The molecular weight excluding hydrogens is 444 g/mol. The molecule has 0 bridgehead atoms. The molecule has 3 amide bonds.